The lowest BCUT2D eigenvalue weighted by molar-refractivity contribution is 0.102. The van der Waals surface area contributed by atoms with Crippen molar-refractivity contribution in [3.05, 3.63) is 124 Å². The van der Waals surface area contributed by atoms with Gasteiger partial charge in [0.1, 0.15) is 28.3 Å². The van der Waals surface area contributed by atoms with Gasteiger partial charge in [-0.3, -0.25) is 9.59 Å². The Kier molecular flexibility index (Phi) is 9.74. The summed E-state index contributed by atoms with van der Waals surface area (Å²) in [5, 5.41) is 12.4. The third kappa shape index (κ3) is 7.12. The summed E-state index contributed by atoms with van der Waals surface area (Å²) in [5.41, 5.74) is 1.09. The van der Waals surface area contributed by atoms with Gasteiger partial charge in [-0.2, -0.15) is 14.9 Å². The predicted octanol–water partition coefficient (Wildman–Crippen LogP) is 6.42. The Morgan fingerprint density at radius 1 is 0.907 bits per heavy atom. The number of likely N-dealkylation sites (tertiary alicyclic amines) is 1. The smallest absolute Gasteiger partial charge is 0.284 e. The number of aromatic nitrogens is 5. The number of fused-ring (bicyclic) bond motifs is 1. The summed E-state index contributed by atoms with van der Waals surface area (Å²) < 4.78 is 43.7. The number of halogens is 2. The Hall–Kier alpha value is -6.15. The zero-order chi connectivity index (χ0) is 37.2. The Balaban J connectivity index is 1.08. The molecule has 1 amide bonds. The Morgan fingerprint density at radius 3 is 2.46 bits per heavy atom. The minimum atomic E-state index is -0.759. The fourth-order valence-electron chi connectivity index (χ4n) is 7.25. The lowest BCUT2D eigenvalue weighted by Crippen LogP contribution is -2.39. The summed E-state index contributed by atoms with van der Waals surface area (Å²) in [5.74, 6) is -0.117. The molecule has 2 aliphatic heterocycles. The van der Waals surface area contributed by atoms with Crippen LogP contribution >= 0.6 is 0 Å². The molecule has 1 atom stereocenters. The molecular formula is C40H38F2N8O4. The summed E-state index contributed by atoms with van der Waals surface area (Å²) in [6, 6.07) is 20.2. The summed E-state index contributed by atoms with van der Waals surface area (Å²) in [6.45, 7) is 4.43. The van der Waals surface area contributed by atoms with Gasteiger partial charge in [-0.1, -0.05) is 12.1 Å². The van der Waals surface area contributed by atoms with E-state index in [1.54, 1.807) is 19.4 Å². The van der Waals surface area contributed by atoms with Crippen LogP contribution in [0.5, 0.6) is 17.2 Å². The molecule has 2 fully saturated rings. The van der Waals surface area contributed by atoms with Crippen LogP contribution in [0.2, 0.25) is 0 Å². The molecule has 0 spiro atoms. The monoisotopic (exact) mass is 732 g/mol. The van der Waals surface area contributed by atoms with E-state index in [-0.39, 0.29) is 28.7 Å². The number of benzene rings is 3. The van der Waals surface area contributed by atoms with E-state index in [4.69, 9.17) is 19.6 Å². The van der Waals surface area contributed by atoms with Crippen molar-refractivity contribution >= 4 is 28.4 Å². The fraction of sp³-hybridized carbons (Fsp3) is 0.275. The molecule has 3 aromatic heterocycles. The summed E-state index contributed by atoms with van der Waals surface area (Å²) in [4.78, 5) is 35.9. The zero-order valence-corrected chi connectivity index (χ0v) is 29.6. The molecule has 0 radical (unpaired) electrons. The van der Waals surface area contributed by atoms with E-state index < -0.39 is 23.1 Å². The van der Waals surface area contributed by atoms with Crippen molar-refractivity contribution in [3.63, 3.8) is 0 Å². The number of pyridine rings is 1. The largest absolute Gasteiger partial charge is 0.497 e. The Labute approximate surface area is 309 Å². The molecule has 12 nitrogen and oxygen atoms in total. The molecule has 2 aliphatic rings. The number of rotatable bonds is 11. The minimum absolute atomic E-state index is 0.0630. The van der Waals surface area contributed by atoms with Gasteiger partial charge in [-0.05, 0) is 98.9 Å². The number of anilines is 2. The van der Waals surface area contributed by atoms with Crippen molar-refractivity contribution in [1.82, 2.24) is 29.4 Å². The van der Waals surface area contributed by atoms with E-state index in [2.05, 4.69) is 20.2 Å². The van der Waals surface area contributed by atoms with E-state index in [0.29, 0.717) is 23.3 Å². The van der Waals surface area contributed by atoms with E-state index in [1.807, 2.05) is 28.9 Å². The van der Waals surface area contributed by atoms with Gasteiger partial charge in [0, 0.05) is 49.3 Å². The van der Waals surface area contributed by atoms with Crippen LogP contribution in [0.4, 0.5) is 20.3 Å². The van der Waals surface area contributed by atoms with E-state index in [9.17, 15) is 14.0 Å². The highest BCUT2D eigenvalue weighted by molar-refractivity contribution is 6.04. The first kappa shape index (κ1) is 34.9. The maximum Gasteiger partial charge on any atom is 0.284 e. The lowest BCUT2D eigenvalue weighted by atomic mass is 10.2. The molecule has 14 heteroatoms. The number of nitrogens with one attached hydrogen (secondary N) is 1. The van der Waals surface area contributed by atoms with Crippen molar-refractivity contribution in [2.24, 2.45) is 0 Å². The molecule has 276 valence electrons. The van der Waals surface area contributed by atoms with Crippen LogP contribution in [-0.2, 0) is 6.54 Å². The van der Waals surface area contributed by atoms with Gasteiger partial charge in [0.15, 0.2) is 23.0 Å². The first-order valence-corrected chi connectivity index (χ1v) is 17.9. The number of methoxy groups -OCH3 is 1. The average Bonchev–Trinajstić information content (AvgIpc) is 3.95. The molecule has 5 heterocycles. The van der Waals surface area contributed by atoms with Crippen LogP contribution in [0, 0.1) is 11.6 Å². The SMILES string of the molecule is COc1ccc(Cn2nc(N3CCCC3CN3CCCC3)c3c(Oc4ccc(NC(=O)c5ccnn(-c6ccc(F)cc6)c5=O)cc4F)ccnc32)cc1. The van der Waals surface area contributed by atoms with Crippen LogP contribution in [-0.4, -0.2) is 74.7 Å². The van der Waals surface area contributed by atoms with Gasteiger partial charge >= 0.3 is 0 Å². The van der Waals surface area contributed by atoms with E-state index in [0.717, 1.165) is 66.9 Å². The predicted molar refractivity (Wildman–Crippen MR) is 200 cm³/mol. The van der Waals surface area contributed by atoms with Crippen molar-refractivity contribution in [3.8, 4) is 22.9 Å². The van der Waals surface area contributed by atoms with Crippen LogP contribution in [0.1, 0.15) is 41.6 Å². The number of hydrogen-bond donors (Lipinski definition) is 1. The molecule has 0 aliphatic carbocycles. The number of carbonyl (C=O) groups excluding carboxylic acids is 1. The highest BCUT2D eigenvalue weighted by Crippen LogP contribution is 2.39. The van der Waals surface area contributed by atoms with Crippen molar-refractivity contribution < 1.29 is 23.0 Å². The molecule has 2 saturated heterocycles. The van der Waals surface area contributed by atoms with Gasteiger partial charge in [0.25, 0.3) is 11.5 Å². The molecular weight excluding hydrogens is 694 g/mol. The maximum absolute atomic E-state index is 15.8. The Bertz CT molecular complexity index is 2360. The molecule has 3 aromatic carbocycles. The second-order valence-electron chi connectivity index (χ2n) is 13.5. The summed E-state index contributed by atoms with van der Waals surface area (Å²) in [6.07, 6.45) is 7.41. The van der Waals surface area contributed by atoms with Crippen molar-refractivity contribution in [2.75, 3.05) is 43.5 Å². The van der Waals surface area contributed by atoms with Gasteiger partial charge in [0.2, 0.25) is 0 Å². The third-order valence-corrected chi connectivity index (χ3v) is 9.96. The second-order valence-corrected chi connectivity index (χ2v) is 13.5. The van der Waals surface area contributed by atoms with Crippen LogP contribution in [0.3, 0.4) is 0 Å². The normalized spacial score (nSPS) is 15.9. The first-order valence-electron chi connectivity index (χ1n) is 17.9. The number of carbonyl (C=O) groups is 1. The highest BCUT2D eigenvalue weighted by atomic mass is 19.1. The van der Waals surface area contributed by atoms with Gasteiger partial charge in [0.05, 0.1) is 19.3 Å². The lowest BCUT2D eigenvalue weighted by Gasteiger charge is -2.29. The number of nitrogens with zero attached hydrogens (tertiary/aromatic N) is 7. The van der Waals surface area contributed by atoms with Crippen molar-refractivity contribution in [2.45, 2.75) is 38.3 Å². The van der Waals surface area contributed by atoms with Crippen molar-refractivity contribution in [1.29, 1.82) is 0 Å². The third-order valence-electron chi connectivity index (χ3n) is 9.96. The quantitative estimate of drug-likeness (QED) is 0.161. The maximum atomic E-state index is 15.8. The Morgan fingerprint density at radius 2 is 1.70 bits per heavy atom. The summed E-state index contributed by atoms with van der Waals surface area (Å²) in [7, 11) is 1.63. The zero-order valence-electron chi connectivity index (χ0n) is 29.6. The molecule has 0 saturated carbocycles. The molecule has 54 heavy (non-hydrogen) atoms. The van der Waals surface area contributed by atoms with Gasteiger partial charge < -0.3 is 24.6 Å². The van der Waals surface area contributed by atoms with Crippen LogP contribution < -0.4 is 25.2 Å². The van der Waals surface area contributed by atoms with Crippen LogP contribution in [0.15, 0.2) is 96.1 Å². The highest BCUT2D eigenvalue weighted by Gasteiger charge is 2.32. The van der Waals surface area contributed by atoms with Crippen LogP contribution in [0.25, 0.3) is 16.7 Å². The fourth-order valence-corrected chi connectivity index (χ4v) is 7.25. The standard InChI is InChI=1S/C40H38F2N8O4/c1-53-31-13-6-26(7-14-31)24-49-37-36(38(46-49)48-22-4-5-30(48)25-47-20-2-3-21-47)35(17-18-43-37)54-34-15-10-28(23-33(34)42)45-39(51)32-16-19-44-50(40(32)52)29-11-8-27(41)9-12-29/h6-19,23,30H,2-5,20-22,24-25H2,1H3,(H,45,51). The van der Waals surface area contributed by atoms with E-state index >= 15 is 4.39 Å². The number of amides is 1. The number of hydrogen-bond acceptors (Lipinski definition) is 9. The molecule has 0 bridgehead atoms. The molecule has 1 N–H and O–H groups in total. The molecule has 1 unspecified atom stereocenters. The van der Waals surface area contributed by atoms with Gasteiger partial charge in [-0.25, -0.2) is 18.4 Å². The topological polar surface area (TPSA) is 120 Å². The molecule has 8 rings (SSSR count). The van der Waals surface area contributed by atoms with E-state index in [1.165, 1.54) is 61.5 Å². The van der Waals surface area contributed by atoms with Gasteiger partial charge in [-0.15, -0.1) is 0 Å². The minimum Gasteiger partial charge on any atom is -0.497 e. The first-order chi connectivity index (χ1) is 26.3. The summed E-state index contributed by atoms with van der Waals surface area (Å²) >= 11 is 0. The number of ether oxygens (including phenoxy) is 2. The average molecular weight is 733 g/mol. The second kappa shape index (κ2) is 15.1. The molecule has 6 aromatic rings.